The highest BCUT2D eigenvalue weighted by atomic mass is 32.1. The molecule has 2 aromatic rings. The van der Waals surface area contributed by atoms with Crippen molar-refractivity contribution in [3.63, 3.8) is 0 Å². The van der Waals surface area contributed by atoms with Gasteiger partial charge in [0.05, 0.1) is 12.6 Å². The fraction of sp³-hybridized carbons (Fsp3) is 0.316. The maximum absolute atomic E-state index is 12.3. The normalized spacial score (nSPS) is 14.8. The zero-order chi connectivity index (χ0) is 17.6. The zero-order valence-corrected chi connectivity index (χ0v) is 14.6. The first kappa shape index (κ1) is 17.2. The fourth-order valence-corrected chi connectivity index (χ4v) is 3.56. The molecule has 1 aromatic heterocycles. The van der Waals surface area contributed by atoms with Crippen LogP contribution in [0.2, 0.25) is 0 Å². The predicted octanol–water partition coefficient (Wildman–Crippen LogP) is 2.91. The fourth-order valence-electron chi connectivity index (χ4n) is 2.90. The summed E-state index contributed by atoms with van der Waals surface area (Å²) in [5.74, 6) is -0.311. The molecule has 0 radical (unpaired) electrons. The summed E-state index contributed by atoms with van der Waals surface area (Å²) in [4.78, 5) is 26.3. The van der Waals surface area contributed by atoms with Crippen LogP contribution in [-0.4, -0.2) is 36.3 Å². The Kier molecular flexibility index (Phi) is 5.46. The van der Waals surface area contributed by atoms with E-state index in [0.29, 0.717) is 31.5 Å². The van der Waals surface area contributed by atoms with E-state index >= 15 is 0 Å². The first-order valence-corrected chi connectivity index (χ1v) is 9.20. The summed E-state index contributed by atoms with van der Waals surface area (Å²) in [5.41, 5.74) is 2.61. The minimum atomic E-state index is -0.252. The van der Waals surface area contributed by atoms with Crippen LogP contribution < -0.4 is 5.32 Å². The van der Waals surface area contributed by atoms with Crippen molar-refractivity contribution in [3.05, 3.63) is 46.7 Å². The largest absolute Gasteiger partial charge is 0.343 e. The Morgan fingerprint density at radius 1 is 1.24 bits per heavy atom. The molecule has 0 aliphatic carbocycles. The van der Waals surface area contributed by atoms with E-state index in [1.165, 1.54) is 0 Å². The molecule has 6 heteroatoms. The summed E-state index contributed by atoms with van der Waals surface area (Å²) in [6.45, 7) is 1.15. The standard InChI is InChI=1S/C19H19N3O2S/c20-11-14-4-7-22(8-5-14)18(23)12-21-19(24)16-3-1-2-15(10-16)17-6-9-25-13-17/h1-3,6,9-10,13-14H,4-5,7-8,12H2,(H,21,24). The van der Waals surface area contributed by atoms with Crippen molar-refractivity contribution in [1.29, 1.82) is 5.26 Å². The average Bonchev–Trinajstić information content (AvgIpc) is 3.21. The van der Waals surface area contributed by atoms with Crippen LogP contribution in [0.15, 0.2) is 41.1 Å². The molecule has 0 saturated carbocycles. The topological polar surface area (TPSA) is 73.2 Å². The van der Waals surface area contributed by atoms with Gasteiger partial charge < -0.3 is 10.2 Å². The minimum absolute atomic E-state index is 0.0151. The molecular formula is C19H19N3O2S. The van der Waals surface area contributed by atoms with Gasteiger partial charge in [-0.1, -0.05) is 12.1 Å². The number of carbonyl (C=O) groups excluding carboxylic acids is 2. The Balaban J connectivity index is 1.55. The Hall–Kier alpha value is -2.65. The van der Waals surface area contributed by atoms with Crippen molar-refractivity contribution < 1.29 is 9.59 Å². The summed E-state index contributed by atoms with van der Waals surface area (Å²) in [5, 5.41) is 15.6. The van der Waals surface area contributed by atoms with Crippen molar-refractivity contribution in [2.75, 3.05) is 19.6 Å². The second-order valence-corrected chi connectivity index (χ2v) is 6.84. The summed E-state index contributed by atoms with van der Waals surface area (Å²) in [7, 11) is 0. The first-order chi connectivity index (χ1) is 12.2. The molecule has 0 spiro atoms. The lowest BCUT2D eigenvalue weighted by Gasteiger charge is -2.29. The molecule has 5 nitrogen and oxygen atoms in total. The number of nitrogens with one attached hydrogen (secondary N) is 1. The predicted molar refractivity (Wildman–Crippen MR) is 97.0 cm³/mol. The molecule has 0 unspecified atom stereocenters. The van der Waals surface area contributed by atoms with Gasteiger partial charge in [0.25, 0.3) is 5.91 Å². The van der Waals surface area contributed by atoms with E-state index in [1.807, 2.05) is 35.0 Å². The van der Waals surface area contributed by atoms with E-state index in [9.17, 15) is 9.59 Å². The molecule has 0 bridgehead atoms. The molecule has 1 fully saturated rings. The molecule has 1 N–H and O–H groups in total. The van der Waals surface area contributed by atoms with Crippen LogP contribution >= 0.6 is 11.3 Å². The van der Waals surface area contributed by atoms with Crippen molar-refractivity contribution in [2.24, 2.45) is 5.92 Å². The maximum atomic E-state index is 12.3. The van der Waals surface area contributed by atoms with E-state index in [-0.39, 0.29) is 24.3 Å². The van der Waals surface area contributed by atoms with Crippen LogP contribution in [0.25, 0.3) is 11.1 Å². The van der Waals surface area contributed by atoms with Gasteiger partial charge in [-0.15, -0.1) is 0 Å². The molecule has 1 aliphatic heterocycles. The number of nitrogens with zero attached hydrogens (tertiary/aromatic N) is 2. The number of rotatable bonds is 4. The van der Waals surface area contributed by atoms with E-state index in [2.05, 4.69) is 11.4 Å². The number of likely N-dealkylation sites (tertiary alicyclic amines) is 1. The molecular weight excluding hydrogens is 334 g/mol. The molecule has 0 atom stereocenters. The molecule has 25 heavy (non-hydrogen) atoms. The molecule has 2 heterocycles. The summed E-state index contributed by atoms with van der Waals surface area (Å²) >= 11 is 1.61. The second kappa shape index (κ2) is 7.95. The Morgan fingerprint density at radius 3 is 2.72 bits per heavy atom. The Morgan fingerprint density at radius 2 is 2.04 bits per heavy atom. The number of piperidine rings is 1. The molecule has 1 saturated heterocycles. The molecule has 1 aliphatic rings. The third kappa shape index (κ3) is 4.25. The van der Waals surface area contributed by atoms with Crippen molar-refractivity contribution in [2.45, 2.75) is 12.8 Å². The highest BCUT2D eigenvalue weighted by Crippen LogP contribution is 2.23. The van der Waals surface area contributed by atoms with E-state index < -0.39 is 0 Å². The molecule has 3 rings (SSSR count). The van der Waals surface area contributed by atoms with Crippen LogP contribution in [0.1, 0.15) is 23.2 Å². The van der Waals surface area contributed by atoms with Crippen LogP contribution in [0.3, 0.4) is 0 Å². The van der Waals surface area contributed by atoms with Gasteiger partial charge in [0, 0.05) is 24.6 Å². The van der Waals surface area contributed by atoms with E-state index in [0.717, 1.165) is 11.1 Å². The number of nitriles is 1. The second-order valence-electron chi connectivity index (χ2n) is 6.06. The number of thiophene rings is 1. The summed E-state index contributed by atoms with van der Waals surface area (Å²) in [6, 6.07) is 11.6. The molecule has 2 amide bonds. The van der Waals surface area contributed by atoms with Gasteiger partial charge >= 0.3 is 0 Å². The van der Waals surface area contributed by atoms with Gasteiger partial charge in [0.15, 0.2) is 0 Å². The molecule has 128 valence electrons. The lowest BCUT2D eigenvalue weighted by molar-refractivity contribution is -0.131. The van der Waals surface area contributed by atoms with Crippen LogP contribution in [-0.2, 0) is 4.79 Å². The summed E-state index contributed by atoms with van der Waals surface area (Å²) in [6.07, 6.45) is 1.41. The van der Waals surface area contributed by atoms with Crippen LogP contribution in [0.5, 0.6) is 0 Å². The number of hydrogen-bond donors (Lipinski definition) is 1. The van der Waals surface area contributed by atoms with Gasteiger partial charge in [0.1, 0.15) is 0 Å². The van der Waals surface area contributed by atoms with Gasteiger partial charge in [-0.05, 0) is 52.9 Å². The zero-order valence-electron chi connectivity index (χ0n) is 13.8. The lowest BCUT2D eigenvalue weighted by atomic mass is 9.98. The Labute approximate surface area is 150 Å². The number of benzene rings is 1. The highest BCUT2D eigenvalue weighted by molar-refractivity contribution is 7.08. The van der Waals surface area contributed by atoms with Gasteiger partial charge in [-0.25, -0.2) is 0 Å². The maximum Gasteiger partial charge on any atom is 0.251 e. The summed E-state index contributed by atoms with van der Waals surface area (Å²) < 4.78 is 0. The van der Waals surface area contributed by atoms with Crippen molar-refractivity contribution in [1.82, 2.24) is 10.2 Å². The number of amides is 2. The molecule has 1 aromatic carbocycles. The average molecular weight is 353 g/mol. The lowest BCUT2D eigenvalue weighted by Crippen LogP contribution is -2.44. The number of hydrogen-bond acceptors (Lipinski definition) is 4. The smallest absolute Gasteiger partial charge is 0.251 e. The van der Waals surface area contributed by atoms with E-state index in [1.54, 1.807) is 22.3 Å². The third-order valence-corrected chi connectivity index (χ3v) is 5.09. The van der Waals surface area contributed by atoms with Gasteiger partial charge in [0.2, 0.25) is 5.91 Å². The highest BCUT2D eigenvalue weighted by Gasteiger charge is 2.22. The monoisotopic (exact) mass is 353 g/mol. The Bertz CT molecular complexity index is 787. The van der Waals surface area contributed by atoms with E-state index in [4.69, 9.17) is 5.26 Å². The SMILES string of the molecule is N#CC1CCN(C(=O)CNC(=O)c2cccc(-c3ccsc3)c2)CC1. The third-order valence-electron chi connectivity index (χ3n) is 4.41. The minimum Gasteiger partial charge on any atom is -0.343 e. The quantitative estimate of drug-likeness (QED) is 0.918. The van der Waals surface area contributed by atoms with Gasteiger partial charge in [-0.2, -0.15) is 16.6 Å². The van der Waals surface area contributed by atoms with Crippen molar-refractivity contribution >= 4 is 23.2 Å². The number of carbonyl (C=O) groups is 2. The van der Waals surface area contributed by atoms with Crippen LogP contribution in [0.4, 0.5) is 0 Å². The van der Waals surface area contributed by atoms with Gasteiger partial charge in [-0.3, -0.25) is 9.59 Å². The van der Waals surface area contributed by atoms with Crippen molar-refractivity contribution in [3.8, 4) is 17.2 Å². The van der Waals surface area contributed by atoms with Crippen LogP contribution in [0, 0.1) is 17.2 Å². The first-order valence-electron chi connectivity index (χ1n) is 8.25.